The number of allylic oxidation sites excluding steroid dienone is 4. The number of hydrogen-bond donors (Lipinski definition) is 0. The van der Waals surface area contributed by atoms with Crippen LogP contribution in [-0.2, 0) is 44.7 Å². The van der Waals surface area contributed by atoms with Crippen LogP contribution in [0.15, 0.2) is 109 Å². The minimum Gasteiger partial charge on any atom is -1.00 e. The van der Waals surface area contributed by atoms with E-state index in [2.05, 4.69) is 108 Å². The fraction of sp³-hybridized carbons (Fsp3) is 0.275. The fourth-order valence-corrected chi connectivity index (χ4v) is 15.9. The average molecular weight is 739 g/mol. The molecule has 6 rings (SSSR count). The Morgan fingerprint density at radius 3 is 1.89 bits per heavy atom. The van der Waals surface area contributed by atoms with Gasteiger partial charge in [-0.1, -0.05) is 0 Å². The van der Waals surface area contributed by atoms with E-state index in [0.717, 1.165) is 15.2 Å². The first-order chi connectivity index (χ1) is 20.7. The number of fused-ring (bicyclic) bond motifs is 3. The van der Waals surface area contributed by atoms with Gasteiger partial charge in [0.2, 0.25) is 0 Å². The van der Waals surface area contributed by atoms with Gasteiger partial charge in [-0.25, -0.2) is 0 Å². The molecule has 0 bridgehead atoms. The Hall–Kier alpha value is -2.52. The minimum absolute atomic E-state index is 0. The van der Waals surface area contributed by atoms with Gasteiger partial charge in [0.05, 0.1) is 0 Å². The standard InChI is InChI=1S/C21H25.C14H9F3.C5H5.2ClH.Zr/c1-20(2,3)16-7-9-18-14(12-16)11-15-13-17(21(4,5)6)8-10-19(15)18;15-14(16,17)13-8-4-7-12(10-13)9-11-5-2-1-3-6-11;1-2-4-5-3-1;;;/h7-10,12H,11H2,1-6H3;1-8,10H;1-5H;2*1H;/q;;;;;+2/p-2. The molecule has 0 aliphatic heterocycles. The van der Waals surface area contributed by atoms with Crippen LogP contribution in [0, 0.1) is 0 Å². The van der Waals surface area contributed by atoms with Crippen LogP contribution in [-0.4, -0.2) is 3.21 Å². The van der Waals surface area contributed by atoms with Crippen molar-refractivity contribution < 1.29 is 59.3 Å². The largest absolute Gasteiger partial charge is 1.00 e. The summed E-state index contributed by atoms with van der Waals surface area (Å²) in [5, 5.41) is 0. The van der Waals surface area contributed by atoms with Crippen LogP contribution >= 0.6 is 0 Å². The molecule has 0 atom stereocenters. The molecule has 0 aromatic heterocycles. The van der Waals surface area contributed by atoms with E-state index in [0.29, 0.717) is 5.56 Å². The van der Waals surface area contributed by atoms with Gasteiger partial charge in [0.25, 0.3) is 0 Å². The van der Waals surface area contributed by atoms with Crippen molar-refractivity contribution >= 4 is 6.48 Å². The fourth-order valence-electron chi connectivity index (χ4n) is 6.69. The number of halogens is 5. The number of alkyl halides is 3. The molecule has 2 aliphatic carbocycles. The molecule has 4 aromatic carbocycles. The SMILES string of the molecule is CC(C)(C)c1ccc2c(c1)Cc1c-2ccc(C(C)(C)C)[c]1[Zr+2](=[C](c1ccccc1)c1cccc(C(F)(F)F)c1)[CH]1C=CC=C1.[Cl-].[Cl-]. The average Bonchev–Trinajstić information content (AvgIpc) is 3.62. The Kier molecular flexibility index (Phi) is 10.7. The van der Waals surface area contributed by atoms with E-state index in [9.17, 15) is 13.2 Å². The Labute approximate surface area is 291 Å². The zero-order valence-electron chi connectivity index (χ0n) is 27.1. The third-order valence-corrected chi connectivity index (χ3v) is 17.0. The molecule has 0 fully saturated rings. The first-order valence-electron chi connectivity index (χ1n) is 15.4. The van der Waals surface area contributed by atoms with Crippen molar-refractivity contribution in [1.29, 1.82) is 0 Å². The van der Waals surface area contributed by atoms with Crippen LogP contribution in [0.25, 0.3) is 11.1 Å². The van der Waals surface area contributed by atoms with E-state index in [1.807, 2.05) is 24.3 Å². The summed E-state index contributed by atoms with van der Waals surface area (Å²) in [6.45, 7) is 13.6. The molecule has 0 saturated carbocycles. The second kappa shape index (κ2) is 13.5. The molecular formula is C40H39Cl2F3Zr. The molecule has 238 valence electrons. The van der Waals surface area contributed by atoms with E-state index in [1.54, 1.807) is 6.07 Å². The summed E-state index contributed by atoms with van der Waals surface area (Å²) in [7, 11) is 0. The van der Waals surface area contributed by atoms with Gasteiger partial charge in [0, 0.05) is 0 Å². The maximum absolute atomic E-state index is 14.1. The van der Waals surface area contributed by atoms with E-state index >= 15 is 0 Å². The molecule has 0 amide bonds. The molecule has 0 saturated heterocycles. The maximum atomic E-state index is 14.1. The van der Waals surface area contributed by atoms with Gasteiger partial charge in [0.15, 0.2) is 0 Å². The number of benzene rings is 4. The van der Waals surface area contributed by atoms with Crippen LogP contribution in [0.3, 0.4) is 0 Å². The first kappa shape index (κ1) is 36.3. The van der Waals surface area contributed by atoms with Gasteiger partial charge in [-0.15, -0.1) is 0 Å². The second-order valence-electron chi connectivity index (χ2n) is 14.1. The van der Waals surface area contributed by atoms with Crippen LogP contribution in [0.1, 0.15) is 80.5 Å². The summed E-state index contributed by atoms with van der Waals surface area (Å²) in [6.07, 6.45) is 5.25. The van der Waals surface area contributed by atoms with E-state index < -0.39 is 33.0 Å². The molecular weight excluding hydrogens is 700 g/mol. The van der Waals surface area contributed by atoms with Crippen molar-refractivity contribution in [2.75, 3.05) is 0 Å². The monoisotopic (exact) mass is 736 g/mol. The Morgan fingerprint density at radius 2 is 1.28 bits per heavy atom. The van der Waals surface area contributed by atoms with Crippen molar-refractivity contribution in [3.63, 3.8) is 0 Å². The van der Waals surface area contributed by atoms with Gasteiger partial charge in [-0.3, -0.25) is 0 Å². The summed E-state index contributed by atoms with van der Waals surface area (Å²) in [4.78, 5) is 0. The Morgan fingerprint density at radius 1 is 0.652 bits per heavy atom. The van der Waals surface area contributed by atoms with Gasteiger partial charge >= 0.3 is 269 Å². The molecule has 0 heterocycles. The van der Waals surface area contributed by atoms with Gasteiger partial charge in [0.1, 0.15) is 0 Å². The van der Waals surface area contributed by atoms with Gasteiger partial charge < -0.3 is 24.8 Å². The molecule has 0 spiro atoms. The minimum atomic E-state index is -4.41. The van der Waals surface area contributed by atoms with Crippen molar-refractivity contribution in [3.05, 3.63) is 148 Å². The Balaban J connectivity index is 0.00000240. The summed E-state index contributed by atoms with van der Waals surface area (Å²) in [5.74, 6) is 0. The molecule has 0 N–H and O–H groups in total. The predicted molar refractivity (Wildman–Crippen MR) is 175 cm³/mol. The number of hydrogen-bond acceptors (Lipinski definition) is 0. The Bertz CT molecular complexity index is 1820. The summed E-state index contributed by atoms with van der Waals surface area (Å²) < 4.78 is 45.1. The van der Waals surface area contributed by atoms with E-state index in [4.69, 9.17) is 0 Å². The second-order valence-corrected chi connectivity index (χ2v) is 20.2. The van der Waals surface area contributed by atoms with Crippen LogP contribution in [0.4, 0.5) is 13.2 Å². The zero-order chi connectivity index (χ0) is 31.4. The smallest absolute Gasteiger partial charge is 1.00 e. The molecule has 46 heavy (non-hydrogen) atoms. The van der Waals surface area contributed by atoms with Crippen molar-refractivity contribution in [2.24, 2.45) is 0 Å². The normalized spacial score (nSPS) is 14.3. The maximum Gasteiger partial charge on any atom is -1.00 e. The van der Waals surface area contributed by atoms with Crippen molar-refractivity contribution in [1.82, 2.24) is 0 Å². The zero-order valence-corrected chi connectivity index (χ0v) is 31.0. The molecule has 0 unspecified atom stereocenters. The van der Waals surface area contributed by atoms with Crippen molar-refractivity contribution in [3.8, 4) is 11.1 Å². The third kappa shape index (κ3) is 7.01. The molecule has 0 radical (unpaired) electrons. The van der Waals surface area contributed by atoms with E-state index in [1.165, 1.54) is 48.8 Å². The van der Waals surface area contributed by atoms with Crippen molar-refractivity contribution in [2.45, 2.75) is 68.6 Å². The summed E-state index contributed by atoms with van der Waals surface area (Å²) in [5.41, 5.74) is 8.97. The van der Waals surface area contributed by atoms with Crippen LogP contribution in [0.5, 0.6) is 0 Å². The molecule has 6 heteroatoms. The topological polar surface area (TPSA) is 0 Å². The molecule has 2 aliphatic rings. The van der Waals surface area contributed by atoms with Crippen LogP contribution < -0.4 is 28.1 Å². The quantitative estimate of drug-likeness (QED) is 0.258. The first-order valence-corrected chi connectivity index (χ1v) is 19.2. The third-order valence-electron chi connectivity index (χ3n) is 8.91. The van der Waals surface area contributed by atoms with Gasteiger partial charge in [-0.05, 0) is 0 Å². The van der Waals surface area contributed by atoms with Crippen LogP contribution in [0.2, 0.25) is 3.63 Å². The van der Waals surface area contributed by atoms with Gasteiger partial charge in [-0.2, -0.15) is 0 Å². The predicted octanol–water partition coefficient (Wildman–Crippen LogP) is 4.31. The number of rotatable bonds is 4. The summed E-state index contributed by atoms with van der Waals surface area (Å²) in [6, 6.07) is 27.8. The summed E-state index contributed by atoms with van der Waals surface area (Å²) >= 11 is -3.14. The molecule has 0 nitrogen and oxygen atoms in total. The molecule has 4 aromatic rings. The van der Waals surface area contributed by atoms with E-state index in [-0.39, 0.29) is 39.3 Å².